The standard InChI is InChI=1S/C11H12ClN3O/c12-9-3-1-2-4-10(9)15-11(16)8(5-6-13)7-14-15/h1-4,7,14H,5-6,13H2. The minimum atomic E-state index is -0.0986. The number of hydrogen-bond donors (Lipinski definition) is 2. The number of para-hydroxylation sites is 1. The molecule has 84 valence electrons. The fraction of sp³-hybridized carbons (Fsp3) is 0.182. The average Bonchev–Trinajstić information content (AvgIpc) is 2.62. The van der Waals surface area contributed by atoms with Crippen LogP contribution >= 0.6 is 11.6 Å². The van der Waals surface area contributed by atoms with Crippen LogP contribution in [0.25, 0.3) is 5.69 Å². The third kappa shape index (κ3) is 1.89. The van der Waals surface area contributed by atoms with Crippen LogP contribution in [0.15, 0.2) is 35.3 Å². The van der Waals surface area contributed by atoms with E-state index in [4.69, 9.17) is 17.3 Å². The van der Waals surface area contributed by atoms with Gasteiger partial charge in [0.05, 0.1) is 10.7 Å². The van der Waals surface area contributed by atoms with Gasteiger partial charge in [0.15, 0.2) is 0 Å². The Hall–Kier alpha value is -1.52. The maximum absolute atomic E-state index is 11.9. The van der Waals surface area contributed by atoms with Crippen LogP contribution in [0, 0.1) is 0 Å². The van der Waals surface area contributed by atoms with Gasteiger partial charge in [-0.1, -0.05) is 23.7 Å². The van der Waals surface area contributed by atoms with E-state index in [0.717, 1.165) is 0 Å². The third-order valence-electron chi connectivity index (χ3n) is 2.35. The Morgan fingerprint density at radius 2 is 2.12 bits per heavy atom. The lowest BCUT2D eigenvalue weighted by Crippen LogP contribution is -2.19. The second kappa shape index (κ2) is 4.55. The Labute approximate surface area is 97.6 Å². The van der Waals surface area contributed by atoms with Crippen LogP contribution in [-0.2, 0) is 6.42 Å². The van der Waals surface area contributed by atoms with Crippen LogP contribution in [0.2, 0.25) is 5.02 Å². The van der Waals surface area contributed by atoms with E-state index < -0.39 is 0 Å². The number of nitrogens with one attached hydrogen (secondary N) is 1. The van der Waals surface area contributed by atoms with Crippen LogP contribution in [0.3, 0.4) is 0 Å². The zero-order chi connectivity index (χ0) is 11.5. The first-order valence-corrected chi connectivity index (χ1v) is 5.36. The van der Waals surface area contributed by atoms with Gasteiger partial charge in [0.2, 0.25) is 0 Å². The second-order valence-corrected chi connectivity index (χ2v) is 3.84. The first-order valence-electron chi connectivity index (χ1n) is 4.98. The number of nitrogens with two attached hydrogens (primary N) is 1. The van der Waals surface area contributed by atoms with Crippen molar-refractivity contribution in [1.29, 1.82) is 0 Å². The molecular weight excluding hydrogens is 226 g/mol. The Morgan fingerprint density at radius 3 is 2.81 bits per heavy atom. The van der Waals surface area contributed by atoms with Gasteiger partial charge in [-0.3, -0.25) is 9.89 Å². The minimum Gasteiger partial charge on any atom is -0.330 e. The summed E-state index contributed by atoms with van der Waals surface area (Å²) in [5.41, 5.74) is 6.64. The molecule has 0 aliphatic rings. The molecule has 0 aliphatic carbocycles. The zero-order valence-electron chi connectivity index (χ0n) is 8.61. The fourth-order valence-electron chi connectivity index (χ4n) is 1.55. The summed E-state index contributed by atoms with van der Waals surface area (Å²) in [4.78, 5) is 11.9. The lowest BCUT2D eigenvalue weighted by atomic mass is 10.2. The van der Waals surface area contributed by atoms with Crippen LogP contribution in [-0.4, -0.2) is 16.3 Å². The lowest BCUT2D eigenvalue weighted by molar-refractivity contribution is 0.844. The van der Waals surface area contributed by atoms with Crippen LogP contribution < -0.4 is 11.3 Å². The molecule has 0 amide bonds. The van der Waals surface area contributed by atoms with Crippen molar-refractivity contribution in [2.75, 3.05) is 6.54 Å². The molecule has 0 saturated heterocycles. The van der Waals surface area contributed by atoms with Crippen molar-refractivity contribution in [3.8, 4) is 5.69 Å². The number of aromatic amines is 1. The van der Waals surface area contributed by atoms with Crippen molar-refractivity contribution in [2.24, 2.45) is 5.73 Å². The minimum absolute atomic E-state index is 0.0986. The number of H-pyrrole nitrogens is 1. The van der Waals surface area contributed by atoms with Gasteiger partial charge in [-0.2, -0.15) is 0 Å². The largest absolute Gasteiger partial charge is 0.330 e. The van der Waals surface area contributed by atoms with Crippen molar-refractivity contribution in [1.82, 2.24) is 9.78 Å². The van der Waals surface area contributed by atoms with Crippen LogP contribution in [0.1, 0.15) is 5.56 Å². The van der Waals surface area contributed by atoms with Gasteiger partial charge < -0.3 is 5.73 Å². The predicted octanol–water partition coefficient (Wildman–Crippen LogP) is 1.32. The van der Waals surface area contributed by atoms with Gasteiger partial charge in [-0.15, -0.1) is 0 Å². The highest BCUT2D eigenvalue weighted by atomic mass is 35.5. The molecule has 0 unspecified atom stereocenters. The van der Waals surface area contributed by atoms with Crippen LogP contribution in [0.5, 0.6) is 0 Å². The van der Waals surface area contributed by atoms with E-state index >= 15 is 0 Å². The maximum Gasteiger partial charge on any atom is 0.274 e. The molecule has 16 heavy (non-hydrogen) atoms. The summed E-state index contributed by atoms with van der Waals surface area (Å²) in [5.74, 6) is 0. The summed E-state index contributed by atoms with van der Waals surface area (Å²) in [6.45, 7) is 0.454. The lowest BCUT2D eigenvalue weighted by Gasteiger charge is -2.02. The summed E-state index contributed by atoms with van der Waals surface area (Å²) in [7, 11) is 0. The first kappa shape index (κ1) is 11.0. The molecule has 0 aliphatic heterocycles. The normalized spacial score (nSPS) is 10.6. The predicted molar refractivity (Wildman–Crippen MR) is 64.2 cm³/mol. The van der Waals surface area contributed by atoms with Gasteiger partial charge >= 0.3 is 0 Å². The Morgan fingerprint density at radius 1 is 1.38 bits per heavy atom. The van der Waals surface area contributed by atoms with Crippen molar-refractivity contribution in [2.45, 2.75) is 6.42 Å². The first-order chi connectivity index (χ1) is 7.74. The molecule has 4 nitrogen and oxygen atoms in total. The molecule has 0 bridgehead atoms. The third-order valence-corrected chi connectivity index (χ3v) is 2.67. The van der Waals surface area contributed by atoms with Gasteiger partial charge in [0, 0.05) is 11.8 Å². The number of benzene rings is 1. The number of nitrogens with zero attached hydrogens (tertiary/aromatic N) is 1. The summed E-state index contributed by atoms with van der Waals surface area (Å²) in [6.07, 6.45) is 2.23. The van der Waals surface area contributed by atoms with Crippen molar-refractivity contribution < 1.29 is 0 Å². The molecule has 1 aromatic heterocycles. The maximum atomic E-state index is 11.9. The van der Waals surface area contributed by atoms with Gasteiger partial charge in [-0.05, 0) is 25.1 Å². The van der Waals surface area contributed by atoms with Gasteiger partial charge in [0.1, 0.15) is 0 Å². The number of halogens is 1. The topological polar surface area (TPSA) is 63.8 Å². The van der Waals surface area contributed by atoms with E-state index in [2.05, 4.69) is 5.10 Å². The smallest absolute Gasteiger partial charge is 0.274 e. The fourth-order valence-corrected chi connectivity index (χ4v) is 1.77. The molecule has 0 saturated carbocycles. The Balaban J connectivity index is 2.50. The van der Waals surface area contributed by atoms with E-state index in [1.165, 1.54) is 4.68 Å². The average molecular weight is 238 g/mol. The molecule has 0 spiro atoms. The zero-order valence-corrected chi connectivity index (χ0v) is 9.37. The monoisotopic (exact) mass is 237 g/mol. The highest BCUT2D eigenvalue weighted by molar-refractivity contribution is 6.32. The van der Waals surface area contributed by atoms with E-state index in [9.17, 15) is 4.79 Å². The van der Waals surface area contributed by atoms with E-state index in [1.54, 1.807) is 18.3 Å². The highest BCUT2D eigenvalue weighted by Crippen LogP contribution is 2.17. The molecule has 1 heterocycles. The SMILES string of the molecule is NCCc1c[nH]n(-c2ccccc2Cl)c1=O. The molecule has 0 fully saturated rings. The molecule has 2 rings (SSSR count). The second-order valence-electron chi connectivity index (χ2n) is 3.43. The van der Waals surface area contributed by atoms with Crippen molar-refractivity contribution >= 4 is 11.6 Å². The van der Waals surface area contributed by atoms with E-state index in [-0.39, 0.29) is 5.56 Å². The molecule has 2 aromatic rings. The summed E-state index contributed by atoms with van der Waals surface area (Å²) < 4.78 is 1.42. The van der Waals surface area contributed by atoms with E-state index in [1.807, 2.05) is 12.1 Å². The quantitative estimate of drug-likeness (QED) is 0.846. The van der Waals surface area contributed by atoms with E-state index in [0.29, 0.717) is 29.2 Å². The highest BCUT2D eigenvalue weighted by Gasteiger charge is 2.08. The van der Waals surface area contributed by atoms with Crippen molar-refractivity contribution in [3.63, 3.8) is 0 Å². The Kier molecular flexibility index (Phi) is 3.12. The summed E-state index contributed by atoms with van der Waals surface area (Å²) in [6, 6.07) is 7.18. The Bertz CT molecular complexity index is 544. The molecule has 0 radical (unpaired) electrons. The van der Waals surface area contributed by atoms with Crippen LogP contribution in [0.4, 0.5) is 0 Å². The number of hydrogen-bond acceptors (Lipinski definition) is 2. The molecule has 3 N–H and O–H groups in total. The van der Waals surface area contributed by atoms with Gasteiger partial charge in [-0.25, -0.2) is 4.68 Å². The molecule has 1 aromatic carbocycles. The molecule has 5 heteroatoms. The molecular formula is C11H12ClN3O. The summed E-state index contributed by atoms with van der Waals surface area (Å²) >= 11 is 6.01. The summed E-state index contributed by atoms with van der Waals surface area (Å²) in [5, 5.41) is 3.41. The number of aromatic nitrogens is 2. The number of rotatable bonds is 3. The van der Waals surface area contributed by atoms with Gasteiger partial charge in [0.25, 0.3) is 5.56 Å². The molecule has 0 atom stereocenters. The van der Waals surface area contributed by atoms with Crippen molar-refractivity contribution in [3.05, 3.63) is 51.4 Å².